The average Bonchev–Trinajstić information content (AvgIpc) is 3.61. The highest BCUT2D eigenvalue weighted by atomic mass is 19.1. The predicted octanol–water partition coefficient (Wildman–Crippen LogP) is 5.97. The molecule has 0 radical (unpaired) electrons. The van der Waals surface area contributed by atoms with E-state index in [4.69, 9.17) is 14.7 Å². The number of carbonyl (C=O) groups excluding carboxylic acids is 1. The minimum atomic E-state index is -0.400. The van der Waals surface area contributed by atoms with Crippen LogP contribution in [-0.2, 0) is 11.8 Å². The summed E-state index contributed by atoms with van der Waals surface area (Å²) < 4.78 is 19.5. The molecule has 4 aromatic rings. The summed E-state index contributed by atoms with van der Waals surface area (Å²) in [6.07, 6.45) is 8.52. The van der Waals surface area contributed by atoms with Crippen molar-refractivity contribution < 1.29 is 13.9 Å². The first-order valence-electron chi connectivity index (χ1n) is 14.0. The standard InChI is InChI=1S/C32H33FN6O2/c1-5-27(40)25-8-6-21(17-34-25)22-14-23-26(16-22)35-18-36-30(23)39-12-10-32(3,11-13-39)31-37-19(2)29(38-31)20-7-9-28(41-4)24(33)15-20/h6-9,14-15,17-18H,5,10-13,16H2,1-4H3,(H,37,38). The van der Waals surface area contributed by atoms with Gasteiger partial charge in [0.2, 0.25) is 0 Å². The molecular weight excluding hydrogens is 519 g/mol. The minimum Gasteiger partial charge on any atom is -0.494 e. The number of halogens is 1. The number of aromatic nitrogens is 5. The van der Waals surface area contributed by atoms with Gasteiger partial charge in [-0.3, -0.25) is 9.78 Å². The zero-order valence-electron chi connectivity index (χ0n) is 23.8. The number of benzene rings is 1. The molecule has 1 saturated heterocycles. The van der Waals surface area contributed by atoms with E-state index in [-0.39, 0.29) is 16.9 Å². The van der Waals surface area contributed by atoms with Crippen molar-refractivity contribution in [3.8, 4) is 17.0 Å². The van der Waals surface area contributed by atoms with Crippen LogP contribution in [0.1, 0.15) is 71.9 Å². The Bertz CT molecular complexity index is 1650. The van der Waals surface area contributed by atoms with Crippen molar-refractivity contribution in [2.45, 2.75) is 51.9 Å². The van der Waals surface area contributed by atoms with E-state index >= 15 is 0 Å². The van der Waals surface area contributed by atoms with Crippen LogP contribution in [0.5, 0.6) is 5.75 Å². The number of aryl methyl sites for hydroxylation is 1. The molecule has 41 heavy (non-hydrogen) atoms. The number of carbonyl (C=O) groups is 1. The SMILES string of the molecule is CCC(=O)c1ccc(C2=Cc3c(ncnc3N3CCC(C)(c4nc(-c5ccc(OC)c(F)c5)c(C)[nH]4)CC3)C2)cn1. The van der Waals surface area contributed by atoms with Gasteiger partial charge in [-0.25, -0.2) is 19.3 Å². The molecule has 0 spiro atoms. The number of pyridine rings is 1. The lowest BCUT2D eigenvalue weighted by Crippen LogP contribution is -2.42. The number of nitrogens with zero attached hydrogens (tertiary/aromatic N) is 5. The average molecular weight is 553 g/mol. The van der Waals surface area contributed by atoms with Gasteiger partial charge in [-0.05, 0) is 61.2 Å². The Kier molecular flexibility index (Phi) is 6.89. The molecular formula is C32H33FN6O2. The number of hydrogen-bond acceptors (Lipinski definition) is 7. The van der Waals surface area contributed by atoms with Crippen LogP contribution in [0.4, 0.5) is 10.2 Å². The van der Waals surface area contributed by atoms with Crippen molar-refractivity contribution in [3.05, 3.63) is 82.7 Å². The van der Waals surface area contributed by atoms with Crippen molar-refractivity contribution in [3.63, 3.8) is 0 Å². The summed E-state index contributed by atoms with van der Waals surface area (Å²) in [7, 11) is 1.46. The first kappa shape index (κ1) is 26.8. The van der Waals surface area contributed by atoms with Gasteiger partial charge in [-0.1, -0.05) is 19.9 Å². The molecule has 1 aliphatic heterocycles. The second-order valence-corrected chi connectivity index (χ2v) is 11.1. The summed E-state index contributed by atoms with van der Waals surface area (Å²) in [6, 6.07) is 8.72. The Balaban J connectivity index is 1.20. The molecule has 2 aliphatic rings. The number of ether oxygens (including phenoxy) is 1. The summed E-state index contributed by atoms with van der Waals surface area (Å²) in [6.45, 7) is 7.71. The van der Waals surface area contributed by atoms with E-state index < -0.39 is 5.82 Å². The third kappa shape index (κ3) is 4.90. The number of Topliss-reactive ketones (excluding diaryl/α,β-unsaturated/α-hetero) is 1. The quantitative estimate of drug-likeness (QED) is 0.282. The van der Waals surface area contributed by atoms with Crippen LogP contribution in [0.3, 0.4) is 0 Å². The Morgan fingerprint density at radius 2 is 1.90 bits per heavy atom. The van der Waals surface area contributed by atoms with Crippen molar-refractivity contribution in [1.82, 2.24) is 24.9 Å². The van der Waals surface area contributed by atoms with E-state index in [0.717, 1.165) is 76.9 Å². The molecule has 0 amide bonds. The number of anilines is 1. The maximum atomic E-state index is 14.4. The maximum Gasteiger partial charge on any atom is 0.180 e. The van der Waals surface area contributed by atoms with Gasteiger partial charge in [0.25, 0.3) is 0 Å². The molecule has 3 aromatic heterocycles. The fraction of sp³-hybridized carbons (Fsp3) is 0.344. The van der Waals surface area contributed by atoms with Gasteiger partial charge < -0.3 is 14.6 Å². The Morgan fingerprint density at radius 1 is 1.12 bits per heavy atom. The molecule has 0 saturated carbocycles. The smallest absolute Gasteiger partial charge is 0.180 e. The molecule has 1 aliphatic carbocycles. The summed E-state index contributed by atoms with van der Waals surface area (Å²) in [5, 5.41) is 0. The van der Waals surface area contributed by atoms with Gasteiger partial charge in [0, 0.05) is 54.4 Å². The maximum absolute atomic E-state index is 14.4. The van der Waals surface area contributed by atoms with E-state index in [9.17, 15) is 9.18 Å². The van der Waals surface area contributed by atoms with Gasteiger partial charge in [-0.2, -0.15) is 0 Å². The molecule has 0 unspecified atom stereocenters. The monoisotopic (exact) mass is 552 g/mol. The van der Waals surface area contributed by atoms with Crippen LogP contribution in [0.25, 0.3) is 22.9 Å². The summed E-state index contributed by atoms with van der Waals surface area (Å²) in [5.74, 6) is 1.73. The Morgan fingerprint density at radius 3 is 2.59 bits per heavy atom. The topological polar surface area (TPSA) is 96.9 Å². The van der Waals surface area contributed by atoms with E-state index in [1.54, 1.807) is 24.7 Å². The fourth-order valence-corrected chi connectivity index (χ4v) is 5.77. The summed E-state index contributed by atoms with van der Waals surface area (Å²) in [5.41, 5.74) is 6.94. The molecule has 1 N–H and O–H groups in total. The lowest BCUT2D eigenvalue weighted by atomic mass is 9.79. The van der Waals surface area contributed by atoms with Crippen LogP contribution >= 0.6 is 0 Å². The highest BCUT2D eigenvalue weighted by molar-refractivity contribution is 5.95. The molecule has 0 atom stereocenters. The van der Waals surface area contributed by atoms with Gasteiger partial charge in [0.05, 0.1) is 18.5 Å². The number of ketones is 1. The number of H-pyrrole nitrogens is 1. The van der Waals surface area contributed by atoms with Crippen molar-refractivity contribution >= 4 is 23.3 Å². The van der Waals surface area contributed by atoms with Crippen LogP contribution in [0.2, 0.25) is 0 Å². The van der Waals surface area contributed by atoms with Crippen LogP contribution in [-0.4, -0.2) is 50.9 Å². The number of imidazole rings is 1. The molecule has 1 fully saturated rings. The highest BCUT2D eigenvalue weighted by Gasteiger charge is 2.36. The number of nitrogens with one attached hydrogen (secondary N) is 1. The number of allylic oxidation sites excluding steroid dienone is 1. The van der Waals surface area contributed by atoms with Crippen LogP contribution in [0.15, 0.2) is 42.9 Å². The molecule has 9 heteroatoms. The van der Waals surface area contributed by atoms with E-state index in [2.05, 4.69) is 32.9 Å². The number of fused-ring (bicyclic) bond motifs is 1. The van der Waals surface area contributed by atoms with Crippen LogP contribution in [0, 0.1) is 12.7 Å². The fourth-order valence-electron chi connectivity index (χ4n) is 5.77. The molecule has 210 valence electrons. The van der Waals surface area contributed by atoms with Gasteiger partial charge >= 0.3 is 0 Å². The normalized spacial score (nSPS) is 15.9. The molecule has 6 rings (SSSR count). The third-order valence-electron chi connectivity index (χ3n) is 8.41. The number of methoxy groups -OCH3 is 1. The third-order valence-corrected chi connectivity index (χ3v) is 8.41. The zero-order valence-corrected chi connectivity index (χ0v) is 23.8. The largest absolute Gasteiger partial charge is 0.494 e. The Labute approximate surface area is 238 Å². The van der Waals surface area contributed by atoms with Gasteiger partial charge in [0.1, 0.15) is 23.7 Å². The minimum absolute atomic E-state index is 0.0426. The zero-order chi connectivity index (χ0) is 28.7. The summed E-state index contributed by atoms with van der Waals surface area (Å²) in [4.78, 5) is 36.4. The van der Waals surface area contributed by atoms with E-state index in [1.807, 2.05) is 26.0 Å². The van der Waals surface area contributed by atoms with Crippen molar-refractivity contribution in [1.29, 1.82) is 0 Å². The first-order chi connectivity index (χ1) is 19.8. The van der Waals surface area contributed by atoms with Gasteiger partial charge in [0.15, 0.2) is 17.3 Å². The van der Waals surface area contributed by atoms with Crippen molar-refractivity contribution in [2.24, 2.45) is 0 Å². The molecule has 1 aromatic carbocycles. The van der Waals surface area contributed by atoms with Gasteiger partial charge in [-0.15, -0.1) is 0 Å². The number of rotatable bonds is 7. The lowest BCUT2D eigenvalue weighted by Gasteiger charge is -2.39. The second kappa shape index (κ2) is 10.5. The van der Waals surface area contributed by atoms with E-state index in [1.165, 1.54) is 13.2 Å². The number of aromatic amines is 1. The lowest BCUT2D eigenvalue weighted by molar-refractivity contribution is 0.0983. The molecule has 0 bridgehead atoms. The van der Waals surface area contributed by atoms with Crippen LogP contribution < -0.4 is 9.64 Å². The number of hydrogen-bond donors (Lipinski definition) is 1. The van der Waals surface area contributed by atoms with E-state index in [0.29, 0.717) is 18.5 Å². The predicted molar refractivity (Wildman–Crippen MR) is 157 cm³/mol. The van der Waals surface area contributed by atoms with Crippen molar-refractivity contribution in [2.75, 3.05) is 25.1 Å². The second-order valence-electron chi connectivity index (χ2n) is 11.1. The molecule has 4 heterocycles. The summed E-state index contributed by atoms with van der Waals surface area (Å²) >= 11 is 0. The molecule has 8 nitrogen and oxygen atoms in total. The number of piperidine rings is 1. The highest BCUT2D eigenvalue weighted by Crippen LogP contribution is 2.40. The first-order valence-corrected chi connectivity index (χ1v) is 14.0. The Hall–Kier alpha value is -4.40.